The summed E-state index contributed by atoms with van der Waals surface area (Å²) in [5, 5.41) is 4.12. The minimum absolute atomic E-state index is 0.0500. The monoisotopic (exact) mass is 431 g/mol. The van der Waals surface area contributed by atoms with Crippen molar-refractivity contribution in [1.29, 1.82) is 0 Å². The fourth-order valence-corrected chi connectivity index (χ4v) is 3.59. The highest BCUT2D eigenvalue weighted by Gasteiger charge is 2.21. The first kappa shape index (κ1) is 23.4. The molecule has 0 saturated carbocycles. The molecule has 0 unspecified atom stereocenters. The molecule has 0 aromatic heterocycles. The molecule has 8 heteroatoms. The lowest BCUT2D eigenvalue weighted by atomic mass is 9.86. The maximum absolute atomic E-state index is 12.4. The Bertz CT molecular complexity index is 1010. The third-order valence-corrected chi connectivity index (χ3v) is 5.71. The molecule has 0 heterocycles. The number of anilines is 1. The molecule has 1 amide bonds. The summed E-state index contributed by atoms with van der Waals surface area (Å²) in [5.41, 5.74) is 5.55. The predicted molar refractivity (Wildman–Crippen MR) is 121 cm³/mol. The highest BCUT2D eigenvalue weighted by atomic mass is 32.2. The number of carbonyl (C=O) groups is 1. The van der Waals surface area contributed by atoms with E-state index in [1.54, 1.807) is 31.2 Å². The molecule has 7 nitrogen and oxygen atoms in total. The standard InChI is InChI=1S/C22H29N3O4S/c1-16(17-7-9-18(10-8-17)22(2,3)4)23-24-21(26)15-25(30(6,27)28)19-11-13-20(29-5)14-12-19/h7-14H,15H2,1-6H3,(H,24,26)/b23-16-. The van der Waals surface area contributed by atoms with E-state index in [-0.39, 0.29) is 12.0 Å². The van der Waals surface area contributed by atoms with Gasteiger partial charge in [0.15, 0.2) is 0 Å². The van der Waals surface area contributed by atoms with Gasteiger partial charge in [-0.25, -0.2) is 13.8 Å². The first-order valence-corrected chi connectivity index (χ1v) is 11.3. The van der Waals surface area contributed by atoms with Crippen LogP contribution in [0.25, 0.3) is 0 Å². The zero-order valence-corrected chi connectivity index (χ0v) is 19.1. The van der Waals surface area contributed by atoms with E-state index in [1.807, 2.05) is 24.3 Å². The summed E-state index contributed by atoms with van der Waals surface area (Å²) in [6, 6.07) is 14.4. The van der Waals surface area contributed by atoms with E-state index in [2.05, 4.69) is 31.3 Å². The summed E-state index contributed by atoms with van der Waals surface area (Å²) in [5.74, 6) is 0.0521. The summed E-state index contributed by atoms with van der Waals surface area (Å²) < 4.78 is 30.4. The highest BCUT2D eigenvalue weighted by molar-refractivity contribution is 7.92. The maximum Gasteiger partial charge on any atom is 0.260 e. The lowest BCUT2D eigenvalue weighted by Gasteiger charge is -2.21. The molecular weight excluding hydrogens is 402 g/mol. The molecule has 0 fully saturated rings. The van der Waals surface area contributed by atoms with Gasteiger partial charge in [0.1, 0.15) is 12.3 Å². The van der Waals surface area contributed by atoms with Gasteiger partial charge in [0.05, 0.1) is 24.8 Å². The van der Waals surface area contributed by atoms with Crippen LogP contribution in [0, 0.1) is 0 Å². The first-order chi connectivity index (χ1) is 13.9. The van der Waals surface area contributed by atoms with Crippen molar-refractivity contribution in [1.82, 2.24) is 5.43 Å². The molecule has 0 aliphatic carbocycles. The Morgan fingerprint density at radius 2 is 1.63 bits per heavy atom. The predicted octanol–water partition coefficient (Wildman–Crippen LogP) is 3.30. The molecule has 0 bridgehead atoms. The summed E-state index contributed by atoms with van der Waals surface area (Å²) in [6.45, 7) is 7.81. The molecule has 0 radical (unpaired) electrons. The number of methoxy groups -OCH3 is 1. The lowest BCUT2D eigenvalue weighted by Crippen LogP contribution is -2.39. The van der Waals surface area contributed by atoms with Crippen LogP contribution in [-0.2, 0) is 20.2 Å². The summed E-state index contributed by atoms with van der Waals surface area (Å²) in [4.78, 5) is 12.4. The molecule has 0 saturated heterocycles. The Morgan fingerprint density at radius 3 is 2.10 bits per heavy atom. The molecule has 2 aromatic carbocycles. The van der Waals surface area contributed by atoms with Crippen LogP contribution in [0.2, 0.25) is 0 Å². The molecule has 0 aliphatic heterocycles. The van der Waals surface area contributed by atoms with Crippen LogP contribution in [0.1, 0.15) is 38.8 Å². The number of nitrogens with one attached hydrogen (secondary N) is 1. The minimum Gasteiger partial charge on any atom is -0.497 e. The van der Waals surface area contributed by atoms with Gasteiger partial charge >= 0.3 is 0 Å². The fourth-order valence-electron chi connectivity index (χ4n) is 2.74. The summed E-state index contributed by atoms with van der Waals surface area (Å²) in [7, 11) is -2.14. The minimum atomic E-state index is -3.66. The zero-order chi connectivity index (χ0) is 22.5. The largest absolute Gasteiger partial charge is 0.497 e. The SMILES string of the molecule is COc1ccc(N(CC(=O)N/N=C(/C)c2ccc(C(C)(C)C)cc2)S(C)(=O)=O)cc1. The molecule has 0 aliphatic rings. The molecule has 2 aromatic rings. The van der Waals surface area contributed by atoms with Gasteiger partial charge in [0, 0.05) is 0 Å². The van der Waals surface area contributed by atoms with Crippen molar-refractivity contribution in [2.24, 2.45) is 5.10 Å². The Labute approximate surface area is 178 Å². The average Bonchev–Trinajstić information content (AvgIpc) is 2.69. The van der Waals surface area contributed by atoms with E-state index in [0.717, 1.165) is 16.1 Å². The van der Waals surface area contributed by atoms with Crippen molar-refractivity contribution >= 4 is 27.3 Å². The third-order valence-electron chi connectivity index (χ3n) is 4.56. The van der Waals surface area contributed by atoms with Gasteiger partial charge in [-0.3, -0.25) is 9.10 Å². The second-order valence-corrected chi connectivity index (χ2v) is 9.93. The van der Waals surface area contributed by atoms with Gasteiger partial charge in [-0.2, -0.15) is 5.10 Å². The molecule has 162 valence electrons. The highest BCUT2D eigenvalue weighted by Crippen LogP contribution is 2.23. The zero-order valence-electron chi connectivity index (χ0n) is 18.3. The van der Waals surface area contributed by atoms with Crippen molar-refractivity contribution in [3.8, 4) is 5.75 Å². The Kier molecular flexibility index (Phi) is 7.25. The van der Waals surface area contributed by atoms with Crippen LogP contribution in [0.15, 0.2) is 53.6 Å². The third kappa shape index (κ3) is 6.32. The molecule has 1 N–H and O–H groups in total. The van der Waals surface area contributed by atoms with Crippen LogP contribution >= 0.6 is 0 Å². The van der Waals surface area contributed by atoms with E-state index in [1.165, 1.54) is 12.7 Å². The number of hydrazone groups is 1. The van der Waals surface area contributed by atoms with Gasteiger partial charge < -0.3 is 4.74 Å². The number of amides is 1. The molecule has 30 heavy (non-hydrogen) atoms. The number of carbonyl (C=O) groups excluding carboxylic acids is 1. The van der Waals surface area contributed by atoms with Gasteiger partial charge in [-0.1, -0.05) is 45.0 Å². The Balaban J connectivity index is 2.11. The first-order valence-electron chi connectivity index (χ1n) is 9.47. The van der Waals surface area contributed by atoms with Crippen molar-refractivity contribution in [2.75, 3.05) is 24.2 Å². The van der Waals surface area contributed by atoms with Gasteiger partial charge in [0.2, 0.25) is 10.0 Å². The fraction of sp³-hybridized carbons (Fsp3) is 0.364. The van der Waals surface area contributed by atoms with E-state index in [9.17, 15) is 13.2 Å². The number of ether oxygens (including phenoxy) is 1. The van der Waals surface area contributed by atoms with Crippen molar-refractivity contribution in [3.05, 3.63) is 59.7 Å². The van der Waals surface area contributed by atoms with Gasteiger partial charge in [-0.05, 0) is 47.7 Å². The maximum atomic E-state index is 12.4. The number of rotatable bonds is 7. The van der Waals surface area contributed by atoms with Crippen LogP contribution in [0.4, 0.5) is 5.69 Å². The second kappa shape index (κ2) is 9.30. The number of nitrogens with zero attached hydrogens (tertiary/aromatic N) is 2. The average molecular weight is 432 g/mol. The van der Waals surface area contributed by atoms with E-state index in [0.29, 0.717) is 17.1 Å². The topological polar surface area (TPSA) is 88.1 Å². The van der Waals surface area contributed by atoms with E-state index >= 15 is 0 Å². The van der Waals surface area contributed by atoms with Crippen molar-refractivity contribution in [2.45, 2.75) is 33.1 Å². The van der Waals surface area contributed by atoms with Crippen molar-refractivity contribution in [3.63, 3.8) is 0 Å². The van der Waals surface area contributed by atoms with Crippen molar-refractivity contribution < 1.29 is 17.9 Å². The normalized spacial score (nSPS) is 12.4. The molecule has 0 atom stereocenters. The van der Waals surface area contributed by atoms with Gasteiger partial charge in [0.25, 0.3) is 5.91 Å². The second-order valence-electron chi connectivity index (χ2n) is 8.03. The Morgan fingerprint density at radius 1 is 1.07 bits per heavy atom. The molecule has 0 spiro atoms. The lowest BCUT2D eigenvalue weighted by molar-refractivity contribution is -0.119. The summed E-state index contributed by atoms with van der Waals surface area (Å²) >= 11 is 0. The molecular formula is C22H29N3O4S. The van der Waals surface area contributed by atoms with E-state index < -0.39 is 15.9 Å². The van der Waals surface area contributed by atoms with Crippen LogP contribution in [-0.4, -0.2) is 39.9 Å². The van der Waals surface area contributed by atoms with Crippen LogP contribution in [0.3, 0.4) is 0 Å². The van der Waals surface area contributed by atoms with E-state index in [4.69, 9.17) is 4.74 Å². The number of benzene rings is 2. The number of sulfonamides is 1. The molecule has 2 rings (SSSR count). The van der Waals surface area contributed by atoms with Crippen LogP contribution in [0.5, 0.6) is 5.75 Å². The smallest absolute Gasteiger partial charge is 0.260 e. The van der Waals surface area contributed by atoms with Crippen LogP contribution < -0.4 is 14.5 Å². The number of hydrogen-bond donors (Lipinski definition) is 1. The summed E-state index contributed by atoms with van der Waals surface area (Å²) in [6.07, 6.45) is 1.05. The van der Waals surface area contributed by atoms with Gasteiger partial charge in [-0.15, -0.1) is 0 Å². The Hall–Kier alpha value is -2.87. The number of hydrogen-bond acceptors (Lipinski definition) is 5. The quantitative estimate of drug-likeness (QED) is 0.538.